The van der Waals surface area contributed by atoms with Gasteiger partial charge in [-0.15, -0.1) is 0 Å². The Morgan fingerprint density at radius 2 is 1.59 bits per heavy atom. The van der Waals surface area contributed by atoms with Crippen molar-refractivity contribution in [3.8, 4) is 0 Å². The van der Waals surface area contributed by atoms with Crippen LogP contribution in [0.25, 0.3) is 0 Å². The summed E-state index contributed by atoms with van der Waals surface area (Å²) in [6, 6.07) is 0. The molecular formula is C16H31N. The molecule has 1 rings (SSSR count). The number of nitrogens with zero attached hydrogens (tertiary/aromatic N) is 1. The average molecular weight is 237 g/mol. The van der Waals surface area contributed by atoms with E-state index < -0.39 is 0 Å². The molecule has 1 unspecified atom stereocenters. The number of hydrogen-bond donors (Lipinski definition) is 0. The van der Waals surface area contributed by atoms with Crippen molar-refractivity contribution in [1.29, 1.82) is 0 Å². The Balaban J connectivity index is 2.49. The van der Waals surface area contributed by atoms with Gasteiger partial charge >= 0.3 is 0 Å². The fourth-order valence-electron chi connectivity index (χ4n) is 2.81. The Morgan fingerprint density at radius 3 is 2.24 bits per heavy atom. The van der Waals surface area contributed by atoms with Gasteiger partial charge in [-0.25, -0.2) is 0 Å². The molecule has 0 saturated carbocycles. The Hall–Kier alpha value is -0.330. The first-order valence-corrected chi connectivity index (χ1v) is 7.50. The predicted molar refractivity (Wildman–Crippen MR) is 77.9 cm³/mol. The van der Waals surface area contributed by atoms with Crippen LogP contribution in [0.4, 0.5) is 0 Å². The molecule has 0 aliphatic carbocycles. The predicted octanol–water partition coefficient (Wildman–Crippen LogP) is 5.24. The molecule has 0 saturated heterocycles. The van der Waals surface area contributed by atoms with Crippen LogP contribution in [0, 0.1) is 11.3 Å². The lowest BCUT2D eigenvalue weighted by Crippen LogP contribution is -2.20. The minimum Gasteiger partial charge on any atom is -0.294 e. The van der Waals surface area contributed by atoms with Gasteiger partial charge in [0.2, 0.25) is 0 Å². The van der Waals surface area contributed by atoms with Crippen LogP contribution in [0.2, 0.25) is 0 Å². The van der Waals surface area contributed by atoms with Crippen molar-refractivity contribution in [3.63, 3.8) is 0 Å². The summed E-state index contributed by atoms with van der Waals surface area (Å²) in [5.41, 5.74) is 1.87. The molecule has 1 heterocycles. The molecule has 0 N–H and O–H groups in total. The van der Waals surface area contributed by atoms with Crippen LogP contribution < -0.4 is 0 Å². The summed E-state index contributed by atoms with van der Waals surface area (Å²) in [7, 11) is 0. The van der Waals surface area contributed by atoms with Gasteiger partial charge in [-0.3, -0.25) is 4.99 Å². The normalized spacial score (nSPS) is 25.6. The van der Waals surface area contributed by atoms with E-state index in [0.717, 1.165) is 12.5 Å². The zero-order valence-corrected chi connectivity index (χ0v) is 12.4. The quantitative estimate of drug-likeness (QED) is 0.546. The lowest BCUT2D eigenvalue weighted by Gasteiger charge is -2.31. The van der Waals surface area contributed by atoms with E-state index in [-0.39, 0.29) is 0 Å². The Morgan fingerprint density at radius 1 is 0.941 bits per heavy atom. The molecular weight excluding hydrogens is 206 g/mol. The molecule has 0 radical (unpaired) electrons. The molecule has 0 aromatic rings. The van der Waals surface area contributed by atoms with Crippen molar-refractivity contribution in [2.75, 3.05) is 6.54 Å². The van der Waals surface area contributed by atoms with Crippen molar-refractivity contribution < 1.29 is 0 Å². The highest BCUT2D eigenvalue weighted by atomic mass is 14.7. The summed E-state index contributed by atoms with van der Waals surface area (Å²) in [6.45, 7) is 10.5. The molecule has 1 heteroatoms. The standard InChI is InChI=1S/C16H31N/c1-14-10-7-8-12-15(16(2,3)4)11-6-5-9-13-17-14/h15H,5-13H2,1-4H3. The van der Waals surface area contributed by atoms with Crippen molar-refractivity contribution >= 4 is 5.71 Å². The van der Waals surface area contributed by atoms with Crippen molar-refractivity contribution in [2.24, 2.45) is 16.3 Å². The molecule has 0 bridgehead atoms. The van der Waals surface area contributed by atoms with E-state index in [9.17, 15) is 0 Å². The molecule has 1 atom stereocenters. The van der Waals surface area contributed by atoms with E-state index in [1.807, 2.05) is 0 Å². The monoisotopic (exact) mass is 237 g/mol. The molecule has 100 valence electrons. The molecule has 0 amide bonds. The van der Waals surface area contributed by atoms with Crippen LogP contribution in [-0.2, 0) is 0 Å². The zero-order valence-electron chi connectivity index (χ0n) is 12.4. The first-order valence-electron chi connectivity index (χ1n) is 7.50. The van der Waals surface area contributed by atoms with Crippen molar-refractivity contribution in [2.45, 2.75) is 79.1 Å². The maximum absolute atomic E-state index is 4.64. The molecule has 0 aromatic heterocycles. The highest BCUT2D eigenvalue weighted by Gasteiger charge is 2.23. The van der Waals surface area contributed by atoms with E-state index in [1.165, 1.54) is 57.1 Å². The third kappa shape index (κ3) is 6.24. The van der Waals surface area contributed by atoms with Crippen molar-refractivity contribution in [1.82, 2.24) is 0 Å². The highest BCUT2D eigenvalue weighted by Crippen LogP contribution is 2.34. The minimum absolute atomic E-state index is 0.493. The SMILES string of the molecule is CC1=NCCCCCC(C(C)(C)C)CCCC1. The molecule has 1 aliphatic rings. The maximum Gasteiger partial charge on any atom is 0.0388 e. The molecule has 1 aliphatic heterocycles. The van der Waals surface area contributed by atoms with Gasteiger partial charge in [0.15, 0.2) is 0 Å². The first kappa shape index (κ1) is 14.7. The molecule has 0 aromatic carbocycles. The number of rotatable bonds is 0. The summed E-state index contributed by atoms with van der Waals surface area (Å²) < 4.78 is 0. The highest BCUT2D eigenvalue weighted by molar-refractivity contribution is 5.81. The van der Waals surface area contributed by atoms with Crippen LogP contribution in [0.15, 0.2) is 4.99 Å². The molecule has 0 fully saturated rings. The topological polar surface area (TPSA) is 12.4 Å². The van der Waals surface area contributed by atoms with Crippen LogP contribution in [0.3, 0.4) is 0 Å². The third-order valence-electron chi connectivity index (χ3n) is 4.16. The lowest BCUT2D eigenvalue weighted by atomic mass is 9.75. The van der Waals surface area contributed by atoms with Gasteiger partial charge in [-0.2, -0.15) is 0 Å². The molecule has 17 heavy (non-hydrogen) atoms. The fourth-order valence-corrected chi connectivity index (χ4v) is 2.81. The zero-order chi connectivity index (χ0) is 12.7. The van der Waals surface area contributed by atoms with Crippen LogP contribution in [0.5, 0.6) is 0 Å². The molecule has 1 nitrogen and oxygen atoms in total. The van der Waals surface area contributed by atoms with E-state index in [1.54, 1.807) is 0 Å². The summed E-state index contributed by atoms with van der Waals surface area (Å²) in [6.07, 6.45) is 10.8. The second-order valence-electron chi connectivity index (χ2n) is 6.78. The van der Waals surface area contributed by atoms with E-state index in [4.69, 9.17) is 0 Å². The second kappa shape index (κ2) is 7.18. The van der Waals surface area contributed by atoms with Crippen LogP contribution >= 0.6 is 0 Å². The third-order valence-corrected chi connectivity index (χ3v) is 4.16. The van der Waals surface area contributed by atoms with Gasteiger partial charge in [0.25, 0.3) is 0 Å². The van der Waals surface area contributed by atoms with Crippen LogP contribution in [0.1, 0.15) is 79.1 Å². The van der Waals surface area contributed by atoms with Gasteiger partial charge in [0.05, 0.1) is 0 Å². The number of aliphatic imine (C=N–C) groups is 1. The van der Waals surface area contributed by atoms with E-state index in [0.29, 0.717) is 5.41 Å². The van der Waals surface area contributed by atoms with E-state index >= 15 is 0 Å². The first-order chi connectivity index (χ1) is 8.00. The van der Waals surface area contributed by atoms with Gasteiger partial charge < -0.3 is 0 Å². The lowest BCUT2D eigenvalue weighted by molar-refractivity contribution is 0.202. The Kier molecular flexibility index (Phi) is 6.22. The largest absolute Gasteiger partial charge is 0.294 e. The van der Waals surface area contributed by atoms with Gasteiger partial charge in [0.1, 0.15) is 0 Å². The smallest absolute Gasteiger partial charge is 0.0388 e. The number of hydrogen-bond acceptors (Lipinski definition) is 1. The Labute approximate surface area is 108 Å². The second-order valence-corrected chi connectivity index (χ2v) is 6.78. The van der Waals surface area contributed by atoms with Crippen molar-refractivity contribution in [3.05, 3.63) is 0 Å². The fraction of sp³-hybridized carbons (Fsp3) is 0.938. The summed E-state index contributed by atoms with van der Waals surface area (Å²) in [5, 5.41) is 0. The maximum atomic E-state index is 4.64. The Bertz CT molecular complexity index is 234. The summed E-state index contributed by atoms with van der Waals surface area (Å²) >= 11 is 0. The molecule has 0 spiro atoms. The van der Waals surface area contributed by atoms with Crippen LogP contribution in [-0.4, -0.2) is 12.3 Å². The summed E-state index contributed by atoms with van der Waals surface area (Å²) in [5.74, 6) is 0.916. The van der Waals surface area contributed by atoms with Gasteiger partial charge in [-0.1, -0.05) is 40.0 Å². The summed E-state index contributed by atoms with van der Waals surface area (Å²) in [4.78, 5) is 4.64. The van der Waals surface area contributed by atoms with Gasteiger partial charge in [0, 0.05) is 12.3 Å². The van der Waals surface area contributed by atoms with Gasteiger partial charge in [-0.05, 0) is 50.4 Å². The minimum atomic E-state index is 0.493. The van der Waals surface area contributed by atoms with E-state index in [2.05, 4.69) is 32.7 Å². The average Bonchev–Trinajstić information content (AvgIpc) is 2.21.